The monoisotopic (exact) mass is 483 g/mol. The highest BCUT2D eigenvalue weighted by atomic mass is 32.2. The van der Waals surface area contributed by atoms with Crippen molar-refractivity contribution in [1.82, 2.24) is 5.32 Å². The molecule has 0 bridgehead atoms. The zero-order chi connectivity index (χ0) is 24.8. The van der Waals surface area contributed by atoms with Crippen molar-refractivity contribution >= 4 is 22.9 Å². The molecule has 2 aromatic carbocycles. The van der Waals surface area contributed by atoms with E-state index in [0.29, 0.717) is 18.8 Å². The van der Waals surface area contributed by atoms with Crippen molar-refractivity contribution in [3.05, 3.63) is 52.1 Å². The van der Waals surface area contributed by atoms with Gasteiger partial charge in [0.15, 0.2) is 0 Å². The number of thioether (sulfide) groups is 1. The molecule has 2 amide bonds. The van der Waals surface area contributed by atoms with Gasteiger partial charge in [0.1, 0.15) is 29.5 Å². The summed E-state index contributed by atoms with van der Waals surface area (Å²) < 4.78 is 13.0. The summed E-state index contributed by atoms with van der Waals surface area (Å²) in [6, 6.07) is 7.68. The lowest BCUT2D eigenvalue weighted by molar-refractivity contribution is -0.118. The smallest absolute Gasteiger partial charge is 0.286 e. The van der Waals surface area contributed by atoms with Crippen LogP contribution in [-0.4, -0.2) is 33.7 Å². The number of ether oxygens (including phenoxy) is 2. The maximum atomic E-state index is 11.8. The molecular formula is C27H33NO5S. The number of fused-ring (bicyclic) bond motifs is 1. The molecule has 2 aliphatic heterocycles. The summed E-state index contributed by atoms with van der Waals surface area (Å²) in [4.78, 5) is 23.2. The molecule has 6 nitrogen and oxygen atoms in total. The third kappa shape index (κ3) is 4.38. The first-order valence-electron chi connectivity index (χ1n) is 11.7. The van der Waals surface area contributed by atoms with Crippen molar-refractivity contribution in [3.8, 4) is 17.2 Å². The fourth-order valence-electron chi connectivity index (χ4n) is 4.69. The van der Waals surface area contributed by atoms with Gasteiger partial charge in [0.25, 0.3) is 5.24 Å². The molecule has 4 rings (SSSR count). The van der Waals surface area contributed by atoms with Gasteiger partial charge in [-0.15, -0.1) is 0 Å². The number of phenolic OH excluding ortho intramolecular Hbond substituents is 1. The van der Waals surface area contributed by atoms with E-state index in [1.807, 2.05) is 45.0 Å². The molecule has 7 heteroatoms. The summed E-state index contributed by atoms with van der Waals surface area (Å²) >= 11 is 1.04. The lowest BCUT2D eigenvalue weighted by Gasteiger charge is -2.48. The van der Waals surface area contributed by atoms with Crippen LogP contribution in [0.25, 0.3) is 0 Å². The van der Waals surface area contributed by atoms with Gasteiger partial charge in [-0.1, -0.05) is 44.7 Å². The normalized spacial score (nSPS) is 22.2. The standard InChI is InChI=1S/C27H33NO5S/c1-15-16(2)23-20(17(3)22(15)29)11-12-27(33-23,26(4,5)6)14-32-19-9-7-18(8-10-19)13-21-24(30)28-25(31)34-21/h7-10,21,29H,11-14H2,1-6H3,(H,28,30,31). The first-order chi connectivity index (χ1) is 15.9. The fraction of sp³-hybridized carbons (Fsp3) is 0.481. The maximum Gasteiger partial charge on any atom is 0.286 e. The van der Waals surface area contributed by atoms with Gasteiger partial charge in [-0.2, -0.15) is 0 Å². The van der Waals surface area contributed by atoms with Crippen LogP contribution in [0.5, 0.6) is 17.2 Å². The number of amides is 2. The van der Waals surface area contributed by atoms with Crippen LogP contribution in [-0.2, 0) is 17.6 Å². The second kappa shape index (κ2) is 8.84. The van der Waals surface area contributed by atoms with Crippen molar-refractivity contribution < 1.29 is 24.2 Å². The van der Waals surface area contributed by atoms with Crippen LogP contribution in [0, 0.1) is 26.2 Å². The largest absolute Gasteiger partial charge is 0.507 e. The molecule has 2 aliphatic rings. The zero-order valence-electron chi connectivity index (χ0n) is 20.7. The van der Waals surface area contributed by atoms with Gasteiger partial charge in [0.05, 0.1) is 5.25 Å². The fourth-order valence-corrected chi connectivity index (χ4v) is 5.55. The quantitative estimate of drug-likeness (QED) is 0.592. The van der Waals surface area contributed by atoms with Crippen molar-refractivity contribution in [3.63, 3.8) is 0 Å². The van der Waals surface area contributed by atoms with E-state index in [-0.39, 0.29) is 21.8 Å². The molecule has 2 atom stereocenters. The Bertz CT molecular complexity index is 1140. The maximum absolute atomic E-state index is 11.8. The second-order valence-electron chi connectivity index (χ2n) is 10.4. The predicted molar refractivity (Wildman–Crippen MR) is 134 cm³/mol. The Labute approximate surface area is 205 Å². The molecule has 34 heavy (non-hydrogen) atoms. The van der Waals surface area contributed by atoms with Crippen molar-refractivity contribution in [2.45, 2.75) is 71.7 Å². The highest BCUT2D eigenvalue weighted by molar-refractivity contribution is 8.15. The summed E-state index contributed by atoms with van der Waals surface area (Å²) in [5.41, 5.74) is 4.07. The highest BCUT2D eigenvalue weighted by Gasteiger charge is 2.48. The molecule has 2 unspecified atom stereocenters. The number of carbonyl (C=O) groups is 2. The van der Waals surface area contributed by atoms with E-state index in [1.54, 1.807) is 0 Å². The number of aromatic hydroxyl groups is 1. The van der Waals surface area contributed by atoms with Crippen molar-refractivity contribution in [2.75, 3.05) is 6.61 Å². The molecule has 2 N–H and O–H groups in total. The number of benzene rings is 2. The molecular weight excluding hydrogens is 450 g/mol. The third-order valence-electron chi connectivity index (χ3n) is 7.37. The molecule has 0 aromatic heterocycles. The van der Waals surface area contributed by atoms with E-state index in [0.717, 1.165) is 63.9 Å². The van der Waals surface area contributed by atoms with Gasteiger partial charge in [0, 0.05) is 11.0 Å². The van der Waals surface area contributed by atoms with Gasteiger partial charge in [-0.25, -0.2) is 0 Å². The molecule has 1 fully saturated rings. The third-order valence-corrected chi connectivity index (χ3v) is 8.35. The van der Waals surface area contributed by atoms with Crippen LogP contribution in [0.4, 0.5) is 4.79 Å². The Morgan fingerprint density at radius 2 is 1.79 bits per heavy atom. The molecule has 0 spiro atoms. The van der Waals surface area contributed by atoms with E-state index in [4.69, 9.17) is 9.47 Å². The highest BCUT2D eigenvalue weighted by Crippen LogP contribution is 2.48. The van der Waals surface area contributed by atoms with Crippen LogP contribution in [0.3, 0.4) is 0 Å². The average Bonchev–Trinajstić information content (AvgIpc) is 3.11. The van der Waals surface area contributed by atoms with Crippen LogP contribution < -0.4 is 14.8 Å². The van der Waals surface area contributed by atoms with Crippen molar-refractivity contribution in [1.29, 1.82) is 0 Å². The van der Waals surface area contributed by atoms with Gasteiger partial charge in [0.2, 0.25) is 5.91 Å². The lowest BCUT2D eigenvalue weighted by Crippen LogP contribution is -2.55. The Morgan fingerprint density at radius 3 is 2.38 bits per heavy atom. The van der Waals surface area contributed by atoms with Crippen LogP contribution in [0.15, 0.2) is 24.3 Å². The van der Waals surface area contributed by atoms with E-state index in [2.05, 4.69) is 26.1 Å². The number of carbonyl (C=O) groups excluding carboxylic acids is 2. The summed E-state index contributed by atoms with van der Waals surface area (Å²) in [6.07, 6.45) is 2.10. The number of hydrogen-bond acceptors (Lipinski definition) is 6. The van der Waals surface area contributed by atoms with Crippen LogP contribution in [0.2, 0.25) is 0 Å². The molecule has 2 aromatic rings. The first kappa shape index (κ1) is 24.5. The topological polar surface area (TPSA) is 84.9 Å². The van der Waals surface area contributed by atoms with Gasteiger partial charge in [-0.05, 0) is 74.4 Å². The predicted octanol–water partition coefficient (Wildman–Crippen LogP) is 5.40. The Kier molecular flexibility index (Phi) is 6.36. The van der Waals surface area contributed by atoms with E-state index < -0.39 is 5.60 Å². The summed E-state index contributed by atoms with van der Waals surface area (Å²) in [7, 11) is 0. The van der Waals surface area contributed by atoms with Gasteiger partial charge >= 0.3 is 0 Å². The minimum atomic E-state index is -0.530. The average molecular weight is 484 g/mol. The van der Waals surface area contributed by atoms with Gasteiger partial charge < -0.3 is 14.6 Å². The number of phenols is 1. The molecule has 182 valence electrons. The Hall–Kier alpha value is -2.67. The number of hydrogen-bond donors (Lipinski definition) is 2. The van der Waals surface area contributed by atoms with Crippen LogP contribution >= 0.6 is 11.8 Å². The summed E-state index contributed by atoms with van der Waals surface area (Å²) in [5, 5.41) is 12.2. The van der Waals surface area contributed by atoms with Gasteiger partial charge in [-0.3, -0.25) is 14.9 Å². The molecule has 1 saturated heterocycles. The molecule has 0 aliphatic carbocycles. The van der Waals surface area contributed by atoms with E-state index in [1.165, 1.54) is 0 Å². The van der Waals surface area contributed by atoms with E-state index in [9.17, 15) is 14.7 Å². The SMILES string of the molecule is Cc1c(C)c2c(c(C)c1O)CCC(COc1ccc(CC3SC(=O)NC3=O)cc1)(C(C)(C)C)O2. The number of rotatable bonds is 5. The lowest BCUT2D eigenvalue weighted by atomic mass is 9.71. The Balaban J connectivity index is 1.51. The molecule has 0 saturated carbocycles. The summed E-state index contributed by atoms with van der Waals surface area (Å²) in [5.74, 6) is 1.73. The van der Waals surface area contributed by atoms with Crippen LogP contribution in [0.1, 0.15) is 55.0 Å². The second-order valence-corrected chi connectivity index (χ2v) is 11.6. The minimum Gasteiger partial charge on any atom is -0.507 e. The number of nitrogens with one attached hydrogen (secondary N) is 1. The number of imide groups is 1. The minimum absolute atomic E-state index is 0.184. The first-order valence-corrected chi connectivity index (χ1v) is 12.5. The molecule has 2 heterocycles. The van der Waals surface area contributed by atoms with Crippen molar-refractivity contribution in [2.24, 2.45) is 5.41 Å². The van der Waals surface area contributed by atoms with E-state index >= 15 is 0 Å². The Morgan fingerprint density at radius 1 is 1.12 bits per heavy atom. The summed E-state index contributed by atoms with van der Waals surface area (Å²) in [6.45, 7) is 12.8. The molecule has 0 radical (unpaired) electrons. The zero-order valence-corrected chi connectivity index (χ0v) is 21.5.